The Kier molecular flexibility index (Phi) is 5.65. The first kappa shape index (κ1) is 16.3. The molecule has 0 bridgehead atoms. The molecule has 1 saturated carbocycles. The van der Waals surface area contributed by atoms with E-state index in [0.717, 1.165) is 50.0 Å². The van der Waals surface area contributed by atoms with Crippen LogP contribution in [-0.4, -0.2) is 23.8 Å². The Morgan fingerprint density at radius 2 is 1.95 bits per heavy atom. The molecule has 0 aromatic heterocycles. The summed E-state index contributed by atoms with van der Waals surface area (Å²) in [5.74, 6) is 0.829. The van der Waals surface area contributed by atoms with E-state index < -0.39 is 5.60 Å². The van der Waals surface area contributed by atoms with Crippen molar-refractivity contribution < 1.29 is 9.84 Å². The Hall–Kier alpha value is -1.06. The summed E-state index contributed by atoms with van der Waals surface area (Å²) in [5, 5.41) is 14.6. The normalized spacial score (nSPS) is 26.0. The summed E-state index contributed by atoms with van der Waals surface area (Å²) < 4.78 is 5.88. The van der Waals surface area contributed by atoms with Crippen molar-refractivity contribution in [1.82, 2.24) is 5.32 Å². The van der Waals surface area contributed by atoms with Crippen molar-refractivity contribution in [2.75, 3.05) is 6.54 Å². The lowest BCUT2D eigenvalue weighted by atomic mass is 9.77. The molecule has 1 aliphatic rings. The number of aliphatic hydroxyl groups is 1. The molecule has 3 nitrogen and oxygen atoms in total. The van der Waals surface area contributed by atoms with Crippen molar-refractivity contribution in [3.63, 3.8) is 0 Å². The summed E-state index contributed by atoms with van der Waals surface area (Å²) in [6.45, 7) is 7.29. The fourth-order valence-corrected chi connectivity index (χ4v) is 3.13. The molecule has 21 heavy (non-hydrogen) atoms. The van der Waals surface area contributed by atoms with Crippen LogP contribution in [0.5, 0.6) is 5.75 Å². The SMILES string of the molecule is CCCNC1CCC(O)(c2ccccc2OC(C)C)CC1. The van der Waals surface area contributed by atoms with Crippen LogP contribution in [0.3, 0.4) is 0 Å². The minimum Gasteiger partial charge on any atom is -0.491 e. The zero-order valence-electron chi connectivity index (χ0n) is 13.6. The fraction of sp³-hybridized carbons (Fsp3) is 0.667. The molecule has 0 atom stereocenters. The summed E-state index contributed by atoms with van der Waals surface area (Å²) >= 11 is 0. The van der Waals surface area contributed by atoms with Gasteiger partial charge in [-0.05, 0) is 58.6 Å². The fourth-order valence-electron chi connectivity index (χ4n) is 3.13. The van der Waals surface area contributed by atoms with Crippen LogP contribution in [0.2, 0.25) is 0 Å². The van der Waals surface area contributed by atoms with E-state index in [2.05, 4.69) is 12.2 Å². The standard InChI is InChI=1S/C18H29NO2/c1-4-13-19-15-9-11-18(20,12-10-15)16-7-5-6-8-17(16)21-14(2)3/h5-8,14-15,19-20H,4,9-13H2,1-3H3. The van der Waals surface area contributed by atoms with E-state index >= 15 is 0 Å². The smallest absolute Gasteiger partial charge is 0.125 e. The van der Waals surface area contributed by atoms with Gasteiger partial charge in [0.25, 0.3) is 0 Å². The van der Waals surface area contributed by atoms with E-state index in [-0.39, 0.29) is 6.10 Å². The highest BCUT2D eigenvalue weighted by Crippen LogP contribution is 2.41. The summed E-state index contributed by atoms with van der Waals surface area (Å²) in [7, 11) is 0. The molecule has 0 amide bonds. The number of rotatable bonds is 6. The number of para-hydroxylation sites is 1. The van der Waals surface area contributed by atoms with Gasteiger partial charge in [-0.15, -0.1) is 0 Å². The largest absolute Gasteiger partial charge is 0.491 e. The van der Waals surface area contributed by atoms with Gasteiger partial charge in [-0.1, -0.05) is 25.1 Å². The van der Waals surface area contributed by atoms with Crippen molar-refractivity contribution >= 4 is 0 Å². The third-order valence-corrected chi connectivity index (χ3v) is 4.25. The van der Waals surface area contributed by atoms with Gasteiger partial charge in [-0.3, -0.25) is 0 Å². The topological polar surface area (TPSA) is 41.5 Å². The highest BCUT2D eigenvalue weighted by molar-refractivity contribution is 5.38. The van der Waals surface area contributed by atoms with Gasteiger partial charge < -0.3 is 15.2 Å². The van der Waals surface area contributed by atoms with Gasteiger partial charge in [-0.25, -0.2) is 0 Å². The quantitative estimate of drug-likeness (QED) is 0.841. The molecule has 2 rings (SSSR count). The predicted molar refractivity (Wildman–Crippen MR) is 86.7 cm³/mol. The van der Waals surface area contributed by atoms with Gasteiger partial charge in [-0.2, -0.15) is 0 Å². The van der Waals surface area contributed by atoms with Crippen LogP contribution in [0.15, 0.2) is 24.3 Å². The van der Waals surface area contributed by atoms with Crippen molar-refractivity contribution in [2.24, 2.45) is 0 Å². The second-order valence-electron chi connectivity index (χ2n) is 6.42. The molecule has 0 aliphatic heterocycles. The zero-order valence-corrected chi connectivity index (χ0v) is 13.6. The van der Waals surface area contributed by atoms with Crippen molar-refractivity contribution in [2.45, 2.75) is 70.6 Å². The van der Waals surface area contributed by atoms with Crippen LogP contribution < -0.4 is 10.1 Å². The summed E-state index contributed by atoms with van der Waals surface area (Å²) in [6.07, 6.45) is 4.92. The monoisotopic (exact) mass is 291 g/mol. The van der Waals surface area contributed by atoms with Crippen LogP contribution in [-0.2, 0) is 5.60 Å². The Bertz CT molecular complexity index is 437. The lowest BCUT2D eigenvalue weighted by molar-refractivity contribution is -0.0111. The van der Waals surface area contributed by atoms with Crippen LogP contribution in [0, 0.1) is 0 Å². The van der Waals surface area contributed by atoms with Gasteiger partial charge in [0.05, 0.1) is 11.7 Å². The third kappa shape index (κ3) is 4.21. The molecule has 1 aromatic carbocycles. The maximum atomic E-state index is 11.1. The zero-order chi connectivity index (χ0) is 15.3. The minimum atomic E-state index is -0.740. The van der Waals surface area contributed by atoms with Gasteiger partial charge in [0.15, 0.2) is 0 Å². The molecular weight excluding hydrogens is 262 g/mol. The second-order valence-corrected chi connectivity index (χ2v) is 6.42. The molecule has 0 heterocycles. The van der Waals surface area contributed by atoms with Crippen LogP contribution in [0.25, 0.3) is 0 Å². The average molecular weight is 291 g/mol. The van der Waals surface area contributed by atoms with Gasteiger partial charge in [0.1, 0.15) is 5.75 Å². The summed E-state index contributed by atoms with van der Waals surface area (Å²) in [5.41, 5.74) is 0.211. The van der Waals surface area contributed by atoms with Gasteiger partial charge >= 0.3 is 0 Å². The van der Waals surface area contributed by atoms with E-state index in [1.807, 2.05) is 38.1 Å². The van der Waals surface area contributed by atoms with Crippen molar-refractivity contribution in [1.29, 1.82) is 0 Å². The summed E-state index contributed by atoms with van der Waals surface area (Å²) in [6, 6.07) is 8.48. The number of ether oxygens (including phenoxy) is 1. The number of nitrogens with one attached hydrogen (secondary N) is 1. The van der Waals surface area contributed by atoms with E-state index in [1.54, 1.807) is 0 Å². The minimum absolute atomic E-state index is 0.123. The molecule has 0 radical (unpaired) electrons. The van der Waals surface area contributed by atoms with Crippen LogP contribution >= 0.6 is 0 Å². The highest BCUT2D eigenvalue weighted by Gasteiger charge is 2.36. The Morgan fingerprint density at radius 1 is 1.29 bits per heavy atom. The second kappa shape index (κ2) is 7.28. The molecule has 1 aromatic rings. The number of benzene rings is 1. The maximum Gasteiger partial charge on any atom is 0.125 e. The Labute approximate surface area is 128 Å². The molecule has 0 spiro atoms. The average Bonchev–Trinajstić information content (AvgIpc) is 2.47. The van der Waals surface area contributed by atoms with Crippen molar-refractivity contribution in [3.8, 4) is 5.75 Å². The van der Waals surface area contributed by atoms with Crippen LogP contribution in [0.4, 0.5) is 0 Å². The van der Waals surface area contributed by atoms with Crippen LogP contribution in [0.1, 0.15) is 58.4 Å². The van der Waals surface area contributed by atoms with Crippen molar-refractivity contribution in [3.05, 3.63) is 29.8 Å². The molecule has 0 saturated heterocycles. The highest BCUT2D eigenvalue weighted by atomic mass is 16.5. The lowest BCUT2D eigenvalue weighted by Crippen LogP contribution is -2.40. The molecular formula is C18H29NO2. The van der Waals surface area contributed by atoms with E-state index in [9.17, 15) is 5.11 Å². The predicted octanol–water partition coefficient (Wildman–Crippen LogP) is 3.60. The Morgan fingerprint density at radius 3 is 2.57 bits per heavy atom. The number of hydrogen-bond acceptors (Lipinski definition) is 3. The first-order valence-electron chi connectivity index (χ1n) is 8.27. The molecule has 1 aliphatic carbocycles. The molecule has 2 N–H and O–H groups in total. The molecule has 1 fully saturated rings. The first-order chi connectivity index (χ1) is 10.0. The molecule has 118 valence electrons. The lowest BCUT2D eigenvalue weighted by Gasteiger charge is -2.37. The first-order valence-corrected chi connectivity index (χ1v) is 8.27. The van der Waals surface area contributed by atoms with Gasteiger partial charge in [0, 0.05) is 11.6 Å². The molecule has 3 heteroatoms. The third-order valence-electron chi connectivity index (χ3n) is 4.25. The van der Waals surface area contributed by atoms with Gasteiger partial charge in [0.2, 0.25) is 0 Å². The number of hydrogen-bond donors (Lipinski definition) is 2. The maximum absolute atomic E-state index is 11.1. The summed E-state index contributed by atoms with van der Waals surface area (Å²) in [4.78, 5) is 0. The van der Waals surface area contributed by atoms with E-state index in [0.29, 0.717) is 6.04 Å². The van der Waals surface area contributed by atoms with E-state index in [4.69, 9.17) is 4.74 Å². The van der Waals surface area contributed by atoms with E-state index in [1.165, 1.54) is 0 Å². The Balaban J connectivity index is 2.08. The molecule has 0 unspecified atom stereocenters.